The summed E-state index contributed by atoms with van der Waals surface area (Å²) in [4.78, 5) is 15.3. The highest BCUT2D eigenvalue weighted by Gasteiger charge is 2.16. The van der Waals surface area contributed by atoms with Gasteiger partial charge in [0.1, 0.15) is 12.9 Å². The molecule has 0 saturated carbocycles. The number of nitrogens with two attached hydrogens (primary N) is 1. The molecule has 1 aromatic heterocycles. The van der Waals surface area contributed by atoms with E-state index in [9.17, 15) is 4.79 Å². The standard InChI is InChI=1S/C9H15N5O2/c10-9-11-6-14(13-9)4-8(15)12-7-2-1-3-16-5-7/h6-7H,1-5H2,(H2,10,13)(H,12,15). The number of carbonyl (C=O) groups is 1. The SMILES string of the molecule is Nc1ncn(CC(=O)NC2CCCOC2)n1. The van der Waals surface area contributed by atoms with Crippen molar-refractivity contribution in [2.75, 3.05) is 18.9 Å². The summed E-state index contributed by atoms with van der Waals surface area (Å²) in [6.45, 7) is 1.51. The topological polar surface area (TPSA) is 95.1 Å². The molecule has 1 fully saturated rings. The molecular weight excluding hydrogens is 210 g/mol. The summed E-state index contributed by atoms with van der Waals surface area (Å²) in [6, 6.07) is 0.113. The summed E-state index contributed by atoms with van der Waals surface area (Å²) in [7, 11) is 0. The van der Waals surface area contributed by atoms with Crippen LogP contribution < -0.4 is 11.1 Å². The zero-order chi connectivity index (χ0) is 11.4. The zero-order valence-corrected chi connectivity index (χ0v) is 8.93. The molecule has 1 unspecified atom stereocenters. The summed E-state index contributed by atoms with van der Waals surface area (Å²) in [5.74, 6) is 0.0780. The van der Waals surface area contributed by atoms with Crippen molar-refractivity contribution >= 4 is 11.9 Å². The van der Waals surface area contributed by atoms with E-state index in [0.29, 0.717) is 6.61 Å². The Morgan fingerprint density at radius 1 is 1.75 bits per heavy atom. The number of amides is 1. The molecule has 1 aromatic rings. The maximum atomic E-state index is 11.6. The number of nitrogen functional groups attached to an aromatic ring is 1. The lowest BCUT2D eigenvalue weighted by atomic mass is 10.1. The van der Waals surface area contributed by atoms with Gasteiger partial charge in [0.05, 0.1) is 12.6 Å². The van der Waals surface area contributed by atoms with Gasteiger partial charge in [-0.05, 0) is 12.8 Å². The van der Waals surface area contributed by atoms with Crippen LogP contribution in [0.15, 0.2) is 6.33 Å². The van der Waals surface area contributed by atoms with Crippen LogP contribution >= 0.6 is 0 Å². The van der Waals surface area contributed by atoms with E-state index in [1.165, 1.54) is 11.0 Å². The summed E-state index contributed by atoms with van der Waals surface area (Å²) in [6.07, 6.45) is 3.39. The Morgan fingerprint density at radius 3 is 3.25 bits per heavy atom. The van der Waals surface area contributed by atoms with E-state index < -0.39 is 0 Å². The highest BCUT2D eigenvalue weighted by molar-refractivity contribution is 5.75. The van der Waals surface area contributed by atoms with Crippen molar-refractivity contribution < 1.29 is 9.53 Å². The Morgan fingerprint density at radius 2 is 2.62 bits per heavy atom. The van der Waals surface area contributed by atoms with Gasteiger partial charge in [0, 0.05) is 6.61 Å². The second-order valence-electron chi connectivity index (χ2n) is 3.78. The number of carbonyl (C=O) groups excluding carboxylic acids is 1. The van der Waals surface area contributed by atoms with Gasteiger partial charge in [0.25, 0.3) is 0 Å². The summed E-state index contributed by atoms with van der Waals surface area (Å²) in [5.41, 5.74) is 5.34. The van der Waals surface area contributed by atoms with E-state index in [1.807, 2.05) is 0 Å². The van der Waals surface area contributed by atoms with Gasteiger partial charge in [-0.3, -0.25) is 4.79 Å². The largest absolute Gasteiger partial charge is 0.379 e. The van der Waals surface area contributed by atoms with Crippen molar-refractivity contribution in [3.8, 4) is 0 Å². The highest BCUT2D eigenvalue weighted by Crippen LogP contribution is 2.05. The molecule has 88 valence electrons. The molecule has 7 heteroatoms. The number of nitrogens with zero attached hydrogens (tertiary/aromatic N) is 3. The molecule has 1 amide bonds. The number of aromatic nitrogens is 3. The first-order chi connectivity index (χ1) is 7.74. The van der Waals surface area contributed by atoms with Crippen LogP contribution in [-0.2, 0) is 16.1 Å². The fraction of sp³-hybridized carbons (Fsp3) is 0.667. The first kappa shape index (κ1) is 10.9. The maximum absolute atomic E-state index is 11.6. The van der Waals surface area contributed by atoms with Gasteiger partial charge >= 0.3 is 0 Å². The molecule has 0 radical (unpaired) electrons. The van der Waals surface area contributed by atoms with Crippen molar-refractivity contribution in [1.29, 1.82) is 0 Å². The molecule has 16 heavy (non-hydrogen) atoms. The smallest absolute Gasteiger partial charge is 0.242 e. The lowest BCUT2D eigenvalue weighted by Crippen LogP contribution is -2.42. The Hall–Kier alpha value is -1.63. The molecule has 0 aromatic carbocycles. The van der Waals surface area contributed by atoms with Crippen molar-refractivity contribution in [2.24, 2.45) is 0 Å². The first-order valence-corrected chi connectivity index (χ1v) is 5.26. The summed E-state index contributed by atoms with van der Waals surface area (Å²) < 4.78 is 6.68. The fourth-order valence-electron chi connectivity index (χ4n) is 1.66. The molecule has 1 aliphatic rings. The van der Waals surface area contributed by atoms with Crippen LogP contribution in [0.25, 0.3) is 0 Å². The second kappa shape index (κ2) is 4.93. The number of nitrogens with one attached hydrogen (secondary N) is 1. The van der Waals surface area contributed by atoms with Gasteiger partial charge in [0.2, 0.25) is 11.9 Å². The van der Waals surface area contributed by atoms with E-state index in [2.05, 4.69) is 15.4 Å². The van der Waals surface area contributed by atoms with Crippen molar-refractivity contribution in [3.63, 3.8) is 0 Å². The minimum Gasteiger partial charge on any atom is -0.379 e. The molecule has 2 heterocycles. The molecule has 3 N–H and O–H groups in total. The van der Waals surface area contributed by atoms with Gasteiger partial charge in [-0.25, -0.2) is 9.67 Å². The molecule has 0 aliphatic carbocycles. The van der Waals surface area contributed by atoms with Crippen LogP contribution in [0.1, 0.15) is 12.8 Å². The quantitative estimate of drug-likeness (QED) is 0.699. The Labute approximate surface area is 93.0 Å². The molecule has 1 aliphatic heterocycles. The maximum Gasteiger partial charge on any atom is 0.242 e. The third-order valence-corrected chi connectivity index (χ3v) is 2.39. The van der Waals surface area contributed by atoms with Crippen LogP contribution in [0.5, 0.6) is 0 Å². The monoisotopic (exact) mass is 225 g/mol. The summed E-state index contributed by atoms with van der Waals surface area (Å²) >= 11 is 0. The first-order valence-electron chi connectivity index (χ1n) is 5.26. The third-order valence-electron chi connectivity index (χ3n) is 2.39. The second-order valence-corrected chi connectivity index (χ2v) is 3.78. The molecule has 0 bridgehead atoms. The molecule has 2 rings (SSSR count). The van der Waals surface area contributed by atoms with E-state index in [1.54, 1.807) is 0 Å². The lowest BCUT2D eigenvalue weighted by Gasteiger charge is -2.22. The average molecular weight is 225 g/mol. The molecule has 7 nitrogen and oxygen atoms in total. The Balaban J connectivity index is 1.79. The van der Waals surface area contributed by atoms with Crippen molar-refractivity contribution in [2.45, 2.75) is 25.4 Å². The molecular formula is C9H15N5O2. The van der Waals surface area contributed by atoms with E-state index in [-0.39, 0.29) is 24.4 Å². The minimum absolute atomic E-state index is 0.0969. The van der Waals surface area contributed by atoms with Crippen LogP contribution in [0.4, 0.5) is 5.95 Å². The van der Waals surface area contributed by atoms with E-state index >= 15 is 0 Å². The number of hydrogen-bond donors (Lipinski definition) is 2. The number of rotatable bonds is 3. The van der Waals surface area contributed by atoms with Gasteiger partial charge in [-0.1, -0.05) is 0 Å². The number of anilines is 1. The van der Waals surface area contributed by atoms with E-state index in [0.717, 1.165) is 19.4 Å². The van der Waals surface area contributed by atoms with Crippen molar-refractivity contribution in [3.05, 3.63) is 6.33 Å². The predicted octanol–water partition coefficient (Wildman–Crippen LogP) is -0.845. The summed E-state index contributed by atoms with van der Waals surface area (Å²) in [5, 5.41) is 6.72. The third kappa shape index (κ3) is 2.93. The van der Waals surface area contributed by atoms with Gasteiger partial charge in [-0.2, -0.15) is 0 Å². The predicted molar refractivity (Wildman–Crippen MR) is 56.4 cm³/mol. The zero-order valence-electron chi connectivity index (χ0n) is 8.93. The molecule has 1 saturated heterocycles. The number of ether oxygens (including phenoxy) is 1. The molecule has 0 spiro atoms. The van der Waals surface area contributed by atoms with E-state index in [4.69, 9.17) is 10.5 Å². The minimum atomic E-state index is -0.0969. The van der Waals surface area contributed by atoms with Crippen LogP contribution in [0.3, 0.4) is 0 Å². The van der Waals surface area contributed by atoms with Gasteiger partial charge in [0.15, 0.2) is 0 Å². The van der Waals surface area contributed by atoms with Crippen LogP contribution in [0, 0.1) is 0 Å². The van der Waals surface area contributed by atoms with Crippen LogP contribution in [0.2, 0.25) is 0 Å². The average Bonchev–Trinajstić information content (AvgIpc) is 2.65. The lowest BCUT2D eigenvalue weighted by molar-refractivity contribution is -0.123. The highest BCUT2D eigenvalue weighted by atomic mass is 16.5. The van der Waals surface area contributed by atoms with Crippen molar-refractivity contribution in [1.82, 2.24) is 20.1 Å². The fourth-order valence-corrected chi connectivity index (χ4v) is 1.66. The normalized spacial score (nSPS) is 20.6. The van der Waals surface area contributed by atoms with Crippen LogP contribution in [-0.4, -0.2) is 39.9 Å². The number of hydrogen-bond acceptors (Lipinski definition) is 5. The Kier molecular flexibility index (Phi) is 3.35. The van der Waals surface area contributed by atoms with Gasteiger partial charge < -0.3 is 15.8 Å². The molecule has 1 atom stereocenters. The van der Waals surface area contributed by atoms with Gasteiger partial charge in [-0.15, -0.1) is 5.10 Å². The Bertz CT molecular complexity index is 359.